The van der Waals surface area contributed by atoms with Gasteiger partial charge in [0, 0.05) is 38.8 Å². The maximum Gasteiger partial charge on any atom is 0.246 e. The van der Waals surface area contributed by atoms with E-state index in [4.69, 9.17) is 4.74 Å². The summed E-state index contributed by atoms with van der Waals surface area (Å²) in [6, 6.07) is 8.21. The van der Waals surface area contributed by atoms with E-state index in [-0.39, 0.29) is 5.91 Å². The molecular weight excluding hydrogens is 288 g/mol. The molecule has 0 aromatic heterocycles. The number of nitrogens with zero attached hydrogens (tertiary/aromatic N) is 2. The second-order valence-corrected chi connectivity index (χ2v) is 6.60. The van der Waals surface area contributed by atoms with Gasteiger partial charge in [0.1, 0.15) is 0 Å². The van der Waals surface area contributed by atoms with Gasteiger partial charge in [0.2, 0.25) is 5.91 Å². The Hall–Kier alpha value is -1.65. The molecular formula is C19H26N2O2. The molecule has 0 radical (unpaired) electrons. The highest BCUT2D eigenvalue weighted by atomic mass is 16.5. The van der Waals surface area contributed by atoms with Crippen molar-refractivity contribution in [1.29, 1.82) is 0 Å². The molecule has 2 heterocycles. The molecule has 0 spiro atoms. The molecule has 3 rings (SSSR count). The first-order valence-electron chi connectivity index (χ1n) is 8.54. The van der Waals surface area contributed by atoms with Crippen LogP contribution in [0.25, 0.3) is 6.08 Å². The summed E-state index contributed by atoms with van der Waals surface area (Å²) in [5.74, 6) is 0.736. The van der Waals surface area contributed by atoms with Crippen LogP contribution in [0.5, 0.6) is 0 Å². The van der Waals surface area contributed by atoms with E-state index in [2.05, 4.69) is 24.0 Å². The fraction of sp³-hybridized carbons (Fsp3) is 0.526. The number of morpholine rings is 1. The van der Waals surface area contributed by atoms with Crippen molar-refractivity contribution in [2.45, 2.75) is 13.3 Å². The molecule has 2 aliphatic heterocycles. The first-order valence-corrected chi connectivity index (χ1v) is 8.54. The predicted octanol–water partition coefficient (Wildman–Crippen LogP) is 2.19. The second-order valence-electron chi connectivity index (χ2n) is 6.60. The first kappa shape index (κ1) is 16.2. The Bertz CT molecular complexity index is 564. The Kier molecular flexibility index (Phi) is 5.47. The van der Waals surface area contributed by atoms with Crippen molar-refractivity contribution in [2.75, 3.05) is 45.9 Å². The smallest absolute Gasteiger partial charge is 0.246 e. The van der Waals surface area contributed by atoms with Crippen LogP contribution in [0.2, 0.25) is 0 Å². The average Bonchev–Trinajstić information content (AvgIpc) is 3.02. The maximum atomic E-state index is 12.3. The van der Waals surface area contributed by atoms with E-state index in [1.165, 1.54) is 5.56 Å². The van der Waals surface area contributed by atoms with E-state index in [0.717, 1.165) is 57.9 Å². The Balaban J connectivity index is 1.49. The number of hydrogen-bond donors (Lipinski definition) is 0. The fourth-order valence-electron chi connectivity index (χ4n) is 3.38. The average molecular weight is 314 g/mol. The predicted molar refractivity (Wildman–Crippen MR) is 92.2 cm³/mol. The van der Waals surface area contributed by atoms with Crippen molar-refractivity contribution in [3.63, 3.8) is 0 Å². The lowest BCUT2D eigenvalue weighted by Gasteiger charge is -2.28. The minimum atomic E-state index is 0.135. The number of hydrogen-bond acceptors (Lipinski definition) is 3. The van der Waals surface area contributed by atoms with Crippen LogP contribution in [0.15, 0.2) is 30.3 Å². The summed E-state index contributed by atoms with van der Waals surface area (Å²) >= 11 is 0. The SMILES string of the molecule is Cc1cccc(/C=C/C(=O)N2CC[C@@H](CN3CCOCC3)C2)c1. The topological polar surface area (TPSA) is 32.8 Å². The number of likely N-dealkylation sites (tertiary alicyclic amines) is 1. The van der Waals surface area contributed by atoms with Crippen molar-refractivity contribution < 1.29 is 9.53 Å². The molecule has 2 saturated heterocycles. The van der Waals surface area contributed by atoms with Crippen LogP contribution < -0.4 is 0 Å². The number of carbonyl (C=O) groups excluding carboxylic acids is 1. The number of amides is 1. The standard InChI is InChI=1S/C19H26N2O2/c1-16-3-2-4-17(13-16)5-6-19(22)21-8-7-18(15-21)14-20-9-11-23-12-10-20/h2-6,13,18H,7-12,14-15H2,1H3/b6-5+/t18-/m0/s1. The number of aryl methyl sites for hydroxylation is 1. The highest BCUT2D eigenvalue weighted by molar-refractivity contribution is 5.92. The van der Waals surface area contributed by atoms with Crippen LogP contribution in [0, 0.1) is 12.8 Å². The van der Waals surface area contributed by atoms with E-state index in [9.17, 15) is 4.79 Å². The van der Waals surface area contributed by atoms with Gasteiger partial charge < -0.3 is 9.64 Å². The van der Waals surface area contributed by atoms with Crippen LogP contribution >= 0.6 is 0 Å². The van der Waals surface area contributed by atoms with Crippen molar-refractivity contribution in [3.05, 3.63) is 41.5 Å². The van der Waals surface area contributed by atoms with Crippen LogP contribution in [0.3, 0.4) is 0 Å². The van der Waals surface area contributed by atoms with Crippen molar-refractivity contribution in [1.82, 2.24) is 9.80 Å². The molecule has 1 aromatic carbocycles. The lowest BCUT2D eigenvalue weighted by molar-refractivity contribution is -0.125. The number of rotatable bonds is 4. The molecule has 0 aliphatic carbocycles. The van der Waals surface area contributed by atoms with Gasteiger partial charge in [-0.05, 0) is 30.9 Å². The monoisotopic (exact) mass is 314 g/mol. The van der Waals surface area contributed by atoms with Gasteiger partial charge in [0.05, 0.1) is 13.2 Å². The summed E-state index contributed by atoms with van der Waals surface area (Å²) in [5.41, 5.74) is 2.30. The molecule has 0 unspecified atom stereocenters. The summed E-state index contributed by atoms with van der Waals surface area (Å²) in [4.78, 5) is 16.8. The quantitative estimate of drug-likeness (QED) is 0.799. The third-order valence-corrected chi connectivity index (χ3v) is 4.68. The zero-order valence-corrected chi connectivity index (χ0v) is 13.9. The highest BCUT2D eigenvalue weighted by Gasteiger charge is 2.27. The third-order valence-electron chi connectivity index (χ3n) is 4.68. The summed E-state index contributed by atoms with van der Waals surface area (Å²) in [7, 11) is 0. The molecule has 2 aliphatic rings. The highest BCUT2D eigenvalue weighted by Crippen LogP contribution is 2.19. The fourth-order valence-corrected chi connectivity index (χ4v) is 3.38. The Morgan fingerprint density at radius 3 is 2.91 bits per heavy atom. The molecule has 1 aromatic rings. The molecule has 1 atom stereocenters. The summed E-state index contributed by atoms with van der Waals surface area (Å²) in [5, 5.41) is 0. The first-order chi connectivity index (χ1) is 11.2. The number of carbonyl (C=O) groups is 1. The Labute approximate surface area is 138 Å². The van der Waals surface area contributed by atoms with Crippen molar-refractivity contribution >= 4 is 12.0 Å². The van der Waals surface area contributed by atoms with Gasteiger partial charge in [0.25, 0.3) is 0 Å². The molecule has 4 heteroatoms. The van der Waals surface area contributed by atoms with Gasteiger partial charge in [0.15, 0.2) is 0 Å². The van der Waals surface area contributed by atoms with E-state index in [1.54, 1.807) is 6.08 Å². The molecule has 0 N–H and O–H groups in total. The van der Waals surface area contributed by atoms with Crippen LogP contribution in [0.4, 0.5) is 0 Å². The zero-order chi connectivity index (χ0) is 16.1. The summed E-state index contributed by atoms with van der Waals surface area (Å²) in [6.07, 6.45) is 4.75. The van der Waals surface area contributed by atoms with E-state index >= 15 is 0 Å². The van der Waals surface area contributed by atoms with Gasteiger partial charge in [-0.2, -0.15) is 0 Å². The van der Waals surface area contributed by atoms with Crippen molar-refractivity contribution in [3.8, 4) is 0 Å². The van der Waals surface area contributed by atoms with E-state index in [1.807, 2.05) is 23.1 Å². The van der Waals surface area contributed by atoms with Crippen molar-refractivity contribution in [2.24, 2.45) is 5.92 Å². The van der Waals surface area contributed by atoms with Gasteiger partial charge in [-0.15, -0.1) is 0 Å². The molecule has 0 bridgehead atoms. The minimum Gasteiger partial charge on any atom is -0.379 e. The molecule has 23 heavy (non-hydrogen) atoms. The molecule has 0 saturated carbocycles. The lowest BCUT2D eigenvalue weighted by atomic mass is 10.1. The van der Waals surface area contributed by atoms with E-state index in [0.29, 0.717) is 5.92 Å². The second kappa shape index (κ2) is 7.75. The molecule has 4 nitrogen and oxygen atoms in total. The maximum absolute atomic E-state index is 12.3. The third kappa shape index (κ3) is 4.66. The van der Waals surface area contributed by atoms with Crippen LogP contribution in [0.1, 0.15) is 17.5 Å². The Morgan fingerprint density at radius 2 is 2.13 bits per heavy atom. The molecule has 2 fully saturated rings. The Morgan fingerprint density at radius 1 is 1.30 bits per heavy atom. The van der Waals surface area contributed by atoms with E-state index < -0.39 is 0 Å². The normalized spacial score (nSPS) is 22.8. The zero-order valence-electron chi connectivity index (χ0n) is 13.9. The molecule has 1 amide bonds. The number of benzene rings is 1. The summed E-state index contributed by atoms with van der Waals surface area (Å²) < 4.78 is 5.39. The van der Waals surface area contributed by atoms with Crippen LogP contribution in [-0.4, -0.2) is 61.6 Å². The van der Waals surface area contributed by atoms with Crippen LogP contribution in [-0.2, 0) is 9.53 Å². The minimum absolute atomic E-state index is 0.135. The lowest BCUT2D eigenvalue weighted by Crippen LogP contribution is -2.40. The van der Waals surface area contributed by atoms with Gasteiger partial charge in [-0.1, -0.05) is 29.8 Å². The molecule has 124 valence electrons. The largest absolute Gasteiger partial charge is 0.379 e. The van der Waals surface area contributed by atoms with Gasteiger partial charge >= 0.3 is 0 Å². The van der Waals surface area contributed by atoms with Gasteiger partial charge in [-0.3, -0.25) is 9.69 Å². The van der Waals surface area contributed by atoms with Gasteiger partial charge in [-0.25, -0.2) is 0 Å². The number of ether oxygens (including phenoxy) is 1. The summed E-state index contributed by atoms with van der Waals surface area (Å²) in [6.45, 7) is 8.66.